The second-order valence-electron chi connectivity index (χ2n) is 9.00. The smallest absolute Gasteiger partial charge is 0.233 e. The van der Waals surface area contributed by atoms with Gasteiger partial charge < -0.3 is 10.6 Å². The lowest BCUT2D eigenvalue weighted by atomic mass is 9.85. The highest BCUT2D eigenvalue weighted by atomic mass is 127. The Kier molecular flexibility index (Phi) is 7.56. The fourth-order valence-electron chi connectivity index (χ4n) is 5.68. The summed E-state index contributed by atoms with van der Waals surface area (Å²) < 4.78 is 0. The van der Waals surface area contributed by atoms with Crippen molar-refractivity contribution in [3.8, 4) is 0 Å². The zero-order valence-electron chi connectivity index (χ0n) is 18.5. The molecule has 3 heterocycles. The number of nitrogens with one attached hydrogen (secondary N) is 2. The van der Waals surface area contributed by atoms with E-state index in [-0.39, 0.29) is 59.5 Å². The molecule has 1 aromatic heterocycles. The molecule has 0 spiro atoms. The van der Waals surface area contributed by atoms with Crippen LogP contribution in [0.5, 0.6) is 0 Å². The summed E-state index contributed by atoms with van der Waals surface area (Å²) in [7, 11) is 1.77. The van der Waals surface area contributed by atoms with Gasteiger partial charge in [0.2, 0.25) is 11.8 Å². The van der Waals surface area contributed by atoms with Gasteiger partial charge in [0, 0.05) is 51.2 Å². The minimum Gasteiger partial charge on any atom is -0.356 e. The number of hydrogen-bond donors (Lipinski definition) is 2. The molecule has 5 rings (SSSR count). The number of carbonyl (C=O) groups is 2. The number of allylic oxidation sites excluding steroid dienone is 2. The molecule has 4 aliphatic rings. The number of fused-ring (bicyclic) bond motifs is 6. The van der Waals surface area contributed by atoms with Crippen molar-refractivity contribution in [2.75, 3.05) is 39.8 Å². The average molecular weight is 570 g/mol. The van der Waals surface area contributed by atoms with Gasteiger partial charge in [-0.15, -0.1) is 35.3 Å². The molecule has 1 saturated carbocycles. The van der Waals surface area contributed by atoms with Crippen LogP contribution in [0.4, 0.5) is 0 Å². The van der Waals surface area contributed by atoms with Gasteiger partial charge in [0.1, 0.15) is 0 Å². The van der Waals surface area contributed by atoms with Crippen molar-refractivity contribution < 1.29 is 9.59 Å². The zero-order chi connectivity index (χ0) is 21.4. The van der Waals surface area contributed by atoms with E-state index in [0.29, 0.717) is 13.1 Å². The highest BCUT2D eigenvalue weighted by molar-refractivity contribution is 14.0. The number of carbonyl (C=O) groups excluding carboxylic acids is 2. The quantitative estimate of drug-likeness (QED) is 0.131. The van der Waals surface area contributed by atoms with Crippen molar-refractivity contribution in [3.05, 3.63) is 34.0 Å². The summed E-state index contributed by atoms with van der Waals surface area (Å²) in [6.45, 7) is 5.12. The maximum absolute atomic E-state index is 12.7. The Morgan fingerprint density at radius 1 is 1.12 bits per heavy atom. The van der Waals surface area contributed by atoms with Crippen LogP contribution in [0.1, 0.15) is 23.3 Å². The molecule has 1 saturated heterocycles. The van der Waals surface area contributed by atoms with E-state index >= 15 is 0 Å². The number of aliphatic imine (C=N–C) groups is 1. The molecule has 2 N–H and O–H groups in total. The largest absolute Gasteiger partial charge is 0.356 e. The van der Waals surface area contributed by atoms with Crippen LogP contribution in [-0.4, -0.2) is 67.3 Å². The van der Waals surface area contributed by atoms with Crippen LogP contribution < -0.4 is 10.6 Å². The molecule has 2 amide bonds. The van der Waals surface area contributed by atoms with Crippen molar-refractivity contribution in [3.63, 3.8) is 0 Å². The van der Waals surface area contributed by atoms with E-state index in [9.17, 15) is 9.59 Å². The first-order valence-corrected chi connectivity index (χ1v) is 12.3. The van der Waals surface area contributed by atoms with Crippen LogP contribution in [0.25, 0.3) is 0 Å². The maximum atomic E-state index is 12.7. The predicted molar refractivity (Wildman–Crippen MR) is 137 cm³/mol. The number of amides is 2. The third-order valence-electron chi connectivity index (χ3n) is 7.24. The zero-order valence-corrected chi connectivity index (χ0v) is 21.6. The van der Waals surface area contributed by atoms with Gasteiger partial charge in [-0.25, -0.2) is 0 Å². The number of likely N-dealkylation sites (tertiary alicyclic amines) is 1. The molecule has 4 atom stereocenters. The van der Waals surface area contributed by atoms with Gasteiger partial charge >= 0.3 is 0 Å². The first-order valence-electron chi connectivity index (χ1n) is 11.4. The molecule has 0 radical (unpaired) electrons. The Balaban J connectivity index is 0.00000245. The summed E-state index contributed by atoms with van der Waals surface area (Å²) in [5.74, 6) is 1.24. The number of hydrogen-bond acceptors (Lipinski definition) is 5. The second-order valence-corrected chi connectivity index (χ2v) is 10.0. The third kappa shape index (κ3) is 4.48. The first kappa shape index (κ1) is 23.7. The molecule has 2 fully saturated rings. The Labute approximate surface area is 210 Å². The molecule has 4 unspecified atom stereocenters. The number of halogens is 1. The topological polar surface area (TPSA) is 77.0 Å². The van der Waals surface area contributed by atoms with Crippen molar-refractivity contribution in [2.24, 2.45) is 28.7 Å². The van der Waals surface area contributed by atoms with Crippen LogP contribution in [0.3, 0.4) is 0 Å². The highest BCUT2D eigenvalue weighted by Gasteiger charge is 2.58. The van der Waals surface area contributed by atoms with E-state index in [4.69, 9.17) is 0 Å². The molecule has 9 heteroatoms. The fourth-order valence-corrected chi connectivity index (χ4v) is 6.57. The van der Waals surface area contributed by atoms with E-state index in [1.807, 2.05) is 11.3 Å². The Morgan fingerprint density at radius 2 is 1.84 bits per heavy atom. The van der Waals surface area contributed by atoms with E-state index in [0.717, 1.165) is 51.4 Å². The summed E-state index contributed by atoms with van der Waals surface area (Å²) >= 11 is 1.87. The van der Waals surface area contributed by atoms with Crippen molar-refractivity contribution in [2.45, 2.75) is 25.8 Å². The molecular formula is C23H32IN5O2S. The molecule has 1 aromatic rings. The molecular weight excluding hydrogens is 537 g/mol. The molecule has 0 aromatic carbocycles. The van der Waals surface area contributed by atoms with E-state index in [1.165, 1.54) is 15.3 Å². The third-order valence-corrected chi connectivity index (χ3v) is 8.27. The Hall–Kier alpha value is -1.46. The van der Waals surface area contributed by atoms with Gasteiger partial charge in [0.25, 0.3) is 0 Å². The Bertz CT molecular complexity index is 886. The Morgan fingerprint density at radius 3 is 2.56 bits per heavy atom. The standard InChI is InChI=1S/C23H31N5O2S.HI/c1-24-23(26-8-11-27-10-5-18-17(14-27)6-12-31-18)25-7-2-9-28-21(29)19-15-3-4-16(13-15)20(19)22(28)30;/h3-4,6,12,15-16,19-20H,2,5,7-11,13-14H2,1H3,(H2,24,25,26);1H. The van der Waals surface area contributed by atoms with Gasteiger partial charge in [0.05, 0.1) is 11.8 Å². The van der Waals surface area contributed by atoms with Gasteiger partial charge in [-0.05, 0) is 48.1 Å². The lowest BCUT2D eigenvalue weighted by molar-refractivity contribution is -0.140. The van der Waals surface area contributed by atoms with Gasteiger partial charge in [0.15, 0.2) is 5.96 Å². The molecule has 2 bridgehead atoms. The molecule has 2 aliphatic carbocycles. The number of nitrogens with zero attached hydrogens (tertiary/aromatic N) is 3. The van der Waals surface area contributed by atoms with Gasteiger partial charge in [-0.2, -0.15) is 0 Å². The van der Waals surface area contributed by atoms with E-state index < -0.39 is 0 Å². The van der Waals surface area contributed by atoms with E-state index in [2.05, 4.69) is 44.1 Å². The normalized spacial score (nSPS) is 28.7. The molecule has 174 valence electrons. The number of guanidine groups is 1. The molecule has 32 heavy (non-hydrogen) atoms. The number of thiophene rings is 1. The number of imide groups is 1. The second kappa shape index (κ2) is 10.2. The molecule has 2 aliphatic heterocycles. The van der Waals surface area contributed by atoms with Crippen LogP contribution >= 0.6 is 35.3 Å². The number of rotatable bonds is 7. The van der Waals surface area contributed by atoms with Gasteiger partial charge in [-0.1, -0.05) is 12.2 Å². The van der Waals surface area contributed by atoms with Crippen molar-refractivity contribution in [1.82, 2.24) is 20.4 Å². The van der Waals surface area contributed by atoms with Gasteiger partial charge in [-0.3, -0.25) is 24.4 Å². The minimum absolute atomic E-state index is 0. The molecule has 7 nitrogen and oxygen atoms in total. The predicted octanol–water partition coefficient (Wildman–Crippen LogP) is 2.09. The van der Waals surface area contributed by atoms with Crippen molar-refractivity contribution in [1.29, 1.82) is 0 Å². The van der Waals surface area contributed by atoms with E-state index in [1.54, 1.807) is 7.05 Å². The lowest BCUT2D eigenvalue weighted by Gasteiger charge is -2.27. The van der Waals surface area contributed by atoms with Crippen LogP contribution in [0.15, 0.2) is 28.6 Å². The minimum atomic E-state index is -0.0927. The fraction of sp³-hybridized carbons (Fsp3) is 0.609. The first-order chi connectivity index (χ1) is 15.2. The van der Waals surface area contributed by atoms with Crippen LogP contribution in [0, 0.1) is 23.7 Å². The lowest BCUT2D eigenvalue weighted by Crippen LogP contribution is -2.43. The average Bonchev–Trinajstić information content (AvgIpc) is 3.55. The maximum Gasteiger partial charge on any atom is 0.233 e. The summed E-state index contributed by atoms with van der Waals surface area (Å²) in [6.07, 6.45) is 7.14. The van der Waals surface area contributed by atoms with Crippen molar-refractivity contribution >= 4 is 53.1 Å². The SMILES string of the molecule is CN=C(NCCCN1C(=O)C2C3C=CC(C3)C2C1=O)NCCN1CCc2sccc2C1.I. The highest BCUT2D eigenvalue weighted by Crippen LogP contribution is 2.52. The van der Waals surface area contributed by atoms with Crippen LogP contribution in [0.2, 0.25) is 0 Å². The summed E-state index contributed by atoms with van der Waals surface area (Å²) in [4.78, 5) is 35.3. The summed E-state index contributed by atoms with van der Waals surface area (Å²) in [6, 6.07) is 2.24. The summed E-state index contributed by atoms with van der Waals surface area (Å²) in [5.41, 5.74) is 1.47. The van der Waals surface area contributed by atoms with Crippen LogP contribution in [-0.2, 0) is 22.6 Å². The summed E-state index contributed by atoms with van der Waals surface area (Å²) in [5, 5.41) is 8.88. The monoisotopic (exact) mass is 569 g/mol.